The van der Waals surface area contributed by atoms with Crippen LogP contribution in [0.3, 0.4) is 0 Å². The smallest absolute Gasteiger partial charge is 0.292 e. The third-order valence-electron chi connectivity index (χ3n) is 4.13. The predicted molar refractivity (Wildman–Crippen MR) is 105 cm³/mol. The lowest BCUT2D eigenvalue weighted by Crippen LogP contribution is -2.26. The number of pyridine rings is 1. The molecule has 0 unspecified atom stereocenters. The topological polar surface area (TPSA) is 94.0 Å². The first kappa shape index (κ1) is 19.4. The summed E-state index contributed by atoms with van der Waals surface area (Å²) in [6, 6.07) is 12.4. The normalized spacial score (nSPS) is 10.6. The molecule has 0 saturated carbocycles. The van der Waals surface area contributed by atoms with Gasteiger partial charge < -0.3 is 20.1 Å². The molecule has 0 aliphatic carbocycles. The molecule has 0 aliphatic rings. The summed E-state index contributed by atoms with van der Waals surface area (Å²) in [5.41, 5.74) is 1.27. The predicted octanol–water partition coefficient (Wildman–Crippen LogP) is 2.36. The van der Waals surface area contributed by atoms with E-state index in [1.165, 1.54) is 7.11 Å². The average molecular weight is 382 g/mol. The first-order chi connectivity index (χ1) is 13.7. The molecular formula is C20H22N4O4. The number of amides is 2. The highest BCUT2D eigenvalue weighted by molar-refractivity contribution is 6.06. The van der Waals surface area contributed by atoms with E-state index >= 15 is 0 Å². The van der Waals surface area contributed by atoms with E-state index in [2.05, 4.69) is 15.6 Å². The molecule has 0 atom stereocenters. The molecule has 2 heterocycles. The lowest BCUT2D eigenvalue weighted by Gasteiger charge is -2.09. The van der Waals surface area contributed by atoms with Gasteiger partial charge in [0.05, 0.1) is 18.3 Å². The molecule has 0 bridgehead atoms. The van der Waals surface area contributed by atoms with Gasteiger partial charge in [0, 0.05) is 26.5 Å². The van der Waals surface area contributed by atoms with Crippen molar-refractivity contribution in [2.45, 2.75) is 6.42 Å². The van der Waals surface area contributed by atoms with E-state index in [1.807, 2.05) is 6.07 Å². The Morgan fingerprint density at radius 3 is 2.64 bits per heavy atom. The van der Waals surface area contributed by atoms with E-state index in [9.17, 15) is 9.59 Å². The number of nitrogens with zero attached hydrogens (tertiary/aromatic N) is 2. The Kier molecular flexibility index (Phi) is 6.23. The molecule has 8 heteroatoms. The van der Waals surface area contributed by atoms with Crippen LogP contribution in [0.15, 0.2) is 48.7 Å². The van der Waals surface area contributed by atoms with Crippen molar-refractivity contribution in [3.8, 4) is 5.75 Å². The number of carbonyl (C=O) groups is 2. The Balaban J connectivity index is 1.87. The molecule has 8 nitrogen and oxygen atoms in total. The number of aromatic nitrogens is 2. The molecule has 28 heavy (non-hydrogen) atoms. The van der Waals surface area contributed by atoms with Crippen LogP contribution < -0.4 is 15.4 Å². The Morgan fingerprint density at radius 1 is 1.07 bits per heavy atom. The minimum Gasteiger partial charge on any atom is -0.495 e. The summed E-state index contributed by atoms with van der Waals surface area (Å²) in [6.07, 6.45) is 2.39. The summed E-state index contributed by atoms with van der Waals surface area (Å²) in [5.74, 6) is -0.128. The van der Waals surface area contributed by atoms with E-state index in [0.717, 1.165) is 0 Å². The fourth-order valence-electron chi connectivity index (χ4n) is 2.79. The van der Waals surface area contributed by atoms with Gasteiger partial charge in [0.25, 0.3) is 11.8 Å². The number of benzene rings is 1. The van der Waals surface area contributed by atoms with Gasteiger partial charge in [0.2, 0.25) is 5.82 Å². The quantitative estimate of drug-likeness (QED) is 0.584. The number of carbonyl (C=O) groups excluding carboxylic acids is 2. The molecule has 0 fully saturated rings. The van der Waals surface area contributed by atoms with Crippen LogP contribution in [0, 0.1) is 0 Å². The number of anilines is 1. The van der Waals surface area contributed by atoms with Gasteiger partial charge in [-0.1, -0.05) is 18.2 Å². The first-order valence-corrected chi connectivity index (χ1v) is 8.84. The Hall–Kier alpha value is -3.39. The molecule has 0 aliphatic heterocycles. The van der Waals surface area contributed by atoms with Gasteiger partial charge in [0.15, 0.2) is 5.69 Å². The van der Waals surface area contributed by atoms with Crippen LogP contribution in [0.2, 0.25) is 0 Å². The van der Waals surface area contributed by atoms with E-state index in [1.54, 1.807) is 54.1 Å². The maximum absolute atomic E-state index is 12.8. The Labute approximate surface area is 162 Å². The van der Waals surface area contributed by atoms with Gasteiger partial charge in [-0.2, -0.15) is 0 Å². The van der Waals surface area contributed by atoms with Crippen LogP contribution in [-0.2, 0) is 4.74 Å². The fourth-order valence-corrected chi connectivity index (χ4v) is 2.79. The second-order valence-electron chi connectivity index (χ2n) is 6.00. The van der Waals surface area contributed by atoms with Crippen LogP contribution in [-0.4, -0.2) is 48.6 Å². The molecule has 2 N–H and O–H groups in total. The number of ether oxygens (including phenoxy) is 2. The van der Waals surface area contributed by atoms with Gasteiger partial charge in [-0.25, -0.2) is 4.98 Å². The summed E-state index contributed by atoms with van der Waals surface area (Å²) in [6.45, 7) is 1.01. The number of rotatable bonds is 8. The molecule has 2 aromatic heterocycles. The van der Waals surface area contributed by atoms with Gasteiger partial charge in [0.1, 0.15) is 5.75 Å². The highest BCUT2D eigenvalue weighted by Gasteiger charge is 2.22. The van der Waals surface area contributed by atoms with Crippen molar-refractivity contribution in [2.75, 3.05) is 32.7 Å². The largest absolute Gasteiger partial charge is 0.495 e. The number of imidazole rings is 1. The average Bonchev–Trinajstić information content (AvgIpc) is 3.11. The van der Waals surface area contributed by atoms with Crippen molar-refractivity contribution in [1.29, 1.82) is 0 Å². The molecule has 0 spiro atoms. The fraction of sp³-hybridized carbons (Fsp3) is 0.250. The molecule has 146 valence electrons. The third-order valence-corrected chi connectivity index (χ3v) is 4.13. The van der Waals surface area contributed by atoms with E-state index in [0.29, 0.717) is 36.5 Å². The second kappa shape index (κ2) is 9.01. The molecule has 0 radical (unpaired) electrons. The maximum atomic E-state index is 12.8. The monoisotopic (exact) mass is 382 g/mol. The third kappa shape index (κ3) is 4.12. The van der Waals surface area contributed by atoms with Crippen molar-refractivity contribution >= 4 is 23.0 Å². The number of hydrogen-bond donors (Lipinski definition) is 2. The standard InChI is InChI=1S/C20H22N4O4/c1-27-13-7-11-21-19(25)17-15-9-5-6-12-24(15)18(23-17)20(26)22-14-8-3-4-10-16(14)28-2/h3-6,8-10,12H,7,11,13H2,1-2H3,(H,21,25)(H,22,26). The summed E-state index contributed by atoms with van der Waals surface area (Å²) < 4.78 is 11.8. The lowest BCUT2D eigenvalue weighted by atomic mass is 10.3. The summed E-state index contributed by atoms with van der Waals surface area (Å²) in [5, 5.41) is 5.59. The van der Waals surface area contributed by atoms with E-state index in [-0.39, 0.29) is 17.4 Å². The zero-order chi connectivity index (χ0) is 19.9. The van der Waals surface area contributed by atoms with Crippen molar-refractivity contribution in [3.05, 3.63) is 60.2 Å². The van der Waals surface area contributed by atoms with Crippen molar-refractivity contribution in [1.82, 2.24) is 14.7 Å². The van der Waals surface area contributed by atoms with Crippen molar-refractivity contribution in [2.24, 2.45) is 0 Å². The summed E-state index contributed by atoms with van der Waals surface area (Å²) in [7, 11) is 3.14. The molecule has 3 rings (SSSR count). The zero-order valence-electron chi connectivity index (χ0n) is 15.8. The number of methoxy groups -OCH3 is 2. The minimum absolute atomic E-state index is 0.114. The maximum Gasteiger partial charge on any atom is 0.292 e. The number of nitrogens with one attached hydrogen (secondary N) is 2. The van der Waals surface area contributed by atoms with Gasteiger partial charge in [-0.15, -0.1) is 0 Å². The van der Waals surface area contributed by atoms with E-state index in [4.69, 9.17) is 9.47 Å². The van der Waals surface area contributed by atoms with Crippen LogP contribution in [0.25, 0.3) is 5.52 Å². The van der Waals surface area contributed by atoms with Crippen LogP contribution in [0.5, 0.6) is 5.75 Å². The lowest BCUT2D eigenvalue weighted by molar-refractivity contribution is 0.0946. The Morgan fingerprint density at radius 2 is 1.86 bits per heavy atom. The van der Waals surface area contributed by atoms with Crippen LogP contribution >= 0.6 is 0 Å². The second-order valence-corrected chi connectivity index (χ2v) is 6.00. The highest BCUT2D eigenvalue weighted by atomic mass is 16.5. The van der Waals surface area contributed by atoms with E-state index < -0.39 is 5.91 Å². The highest BCUT2D eigenvalue weighted by Crippen LogP contribution is 2.24. The molecule has 1 aromatic carbocycles. The Bertz CT molecular complexity index is 983. The summed E-state index contributed by atoms with van der Waals surface area (Å²) in [4.78, 5) is 29.7. The van der Waals surface area contributed by atoms with Gasteiger partial charge in [-0.3, -0.25) is 14.0 Å². The van der Waals surface area contributed by atoms with Crippen molar-refractivity contribution in [3.63, 3.8) is 0 Å². The SMILES string of the molecule is COCCCNC(=O)c1nc(C(=O)Nc2ccccc2OC)n2ccccc12. The van der Waals surface area contributed by atoms with Crippen LogP contribution in [0.1, 0.15) is 27.5 Å². The first-order valence-electron chi connectivity index (χ1n) is 8.84. The minimum atomic E-state index is -0.441. The molecular weight excluding hydrogens is 360 g/mol. The molecule has 3 aromatic rings. The van der Waals surface area contributed by atoms with Gasteiger partial charge in [-0.05, 0) is 30.7 Å². The number of para-hydroxylation sites is 2. The van der Waals surface area contributed by atoms with Crippen molar-refractivity contribution < 1.29 is 19.1 Å². The number of hydrogen-bond acceptors (Lipinski definition) is 5. The van der Waals surface area contributed by atoms with Gasteiger partial charge >= 0.3 is 0 Å². The zero-order valence-corrected chi connectivity index (χ0v) is 15.8. The van der Waals surface area contributed by atoms with Crippen LogP contribution in [0.4, 0.5) is 5.69 Å². The summed E-state index contributed by atoms with van der Waals surface area (Å²) >= 11 is 0. The molecule has 0 saturated heterocycles. The number of fused-ring (bicyclic) bond motifs is 1. The molecule has 2 amide bonds.